The average Bonchev–Trinajstić information content (AvgIpc) is 2.62. The van der Waals surface area contributed by atoms with E-state index in [1.165, 1.54) is 12.1 Å². The van der Waals surface area contributed by atoms with Crippen molar-refractivity contribution in [1.82, 2.24) is 4.90 Å². The van der Waals surface area contributed by atoms with Gasteiger partial charge in [-0.15, -0.1) is 11.8 Å². The van der Waals surface area contributed by atoms with Crippen LogP contribution in [-0.4, -0.2) is 43.4 Å². The highest BCUT2D eigenvalue weighted by Gasteiger charge is 2.21. The Morgan fingerprint density at radius 3 is 2.46 bits per heavy atom. The van der Waals surface area contributed by atoms with Crippen LogP contribution < -0.4 is 10.2 Å². The summed E-state index contributed by atoms with van der Waals surface area (Å²) < 4.78 is 13.0. The summed E-state index contributed by atoms with van der Waals surface area (Å²) in [5.41, 5.74) is 1.80. The summed E-state index contributed by atoms with van der Waals surface area (Å²) in [5.74, 6) is -0.232. The zero-order chi connectivity index (χ0) is 16.9. The molecule has 6 heteroatoms. The fourth-order valence-electron chi connectivity index (χ4n) is 2.72. The van der Waals surface area contributed by atoms with Crippen molar-refractivity contribution in [2.24, 2.45) is 0 Å². The number of hydrogen-bond acceptors (Lipinski definition) is 3. The van der Waals surface area contributed by atoms with Gasteiger partial charge in [-0.1, -0.05) is 6.07 Å². The molecule has 1 aliphatic rings. The van der Waals surface area contributed by atoms with Crippen LogP contribution in [0.4, 0.5) is 20.6 Å². The molecule has 1 N–H and O–H groups in total. The van der Waals surface area contributed by atoms with Crippen LogP contribution in [0.5, 0.6) is 0 Å². The standard InChI is InChI=1S/C18H20FN3OS/c1-24-17-4-2-3-15(13-17)20-18(23)22-11-9-21(10-12-22)16-7-5-14(19)6-8-16/h2-8,13H,9-12H2,1H3,(H,20,23). The number of carbonyl (C=O) groups is 1. The Morgan fingerprint density at radius 2 is 1.79 bits per heavy atom. The van der Waals surface area contributed by atoms with Crippen molar-refractivity contribution >= 4 is 29.2 Å². The molecular weight excluding hydrogens is 325 g/mol. The molecular formula is C18H20FN3OS. The van der Waals surface area contributed by atoms with Gasteiger partial charge >= 0.3 is 6.03 Å². The lowest BCUT2D eigenvalue weighted by Crippen LogP contribution is -2.50. The summed E-state index contributed by atoms with van der Waals surface area (Å²) >= 11 is 1.65. The van der Waals surface area contributed by atoms with Crippen LogP contribution in [0, 0.1) is 5.82 Å². The molecule has 0 aromatic heterocycles. The van der Waals surface area contributed by atoms with E-state index in [0.29, 0.717) is 13.1 Å². The van der Waals surface area contributed by atoms with Gasteiger partial charge in [-0.05, 0) is 48.7 Å². The molecule has 0 unspecified atom stereocenters. The van der Waals surface area contributed by atoms with Gasteiger partial charge in [0.15, 0.2) is 0 Å². The Bertz CT molecular complexity index is 700. The normalized spacial score (nSPS) is 14.6. The molecule has 2 amide bonds. The lowest BCUT2D eigenvalue weighted by Gasteiger charge is -2.36. The fourth-order valence-corrected chi connectivity index (χ4v) is 3.18. The monoisotopic (exact) mass is 345 g/mol. The van der Waals surface area contributed by atoms with Gasteiger partial charge in [-0.25, -0.2) is 9.18 Å². The quantitative estimate of drug-likeness (QED) is 0.857. The van der Waals surface area contributed by atoms with E-state index < -0.39 is 0 Å². The topological polar surface area (TPSA) is 35.6 Å². The smallest absolute Gasteiger partial charge is 0.321 e. The van der Waals surface area contributed by atoms with Gasteiger partial charge in [0.25, 0.3) is 0 Å². The van der Waals surface area contributed by atoms with Gasteiger partial charge in [-0.2, -0.15) is 0 Å². The summed E-state index contributed by atoms with van der Waals surface area (Å²) in [6.07, 6.45) is 2.01. The van der Waals surface area contributed by atoms with Crippen LogP contribution in [0.15, 0.2) is 53.4 Å². The molecule has 0 atom stereocenters. The summed E-state index contributed by atoms with van der Waals surface area (Å²) in [6, 6.07) is 14.2. The number of rotatable bonds is 3. The molecule has 0 radical (unpaired) electrons. The molecule has 4 nitrogen and oxygen atoms in total. The molecule has 24 heavy (non-hydrogen) atoms. The molecule has 2 aromatic carbocycles. The number of piperazine rings is 1. The third kappa shape index (κ3) is 4.00. The molecule has 0 aliphatic carbocycles. The van der Waals surface area contributed by atoms with Crippen LogP contribution in [-0.2, 0) is 0 Å². The summed E-state index contributed by atoms with van der Waals surface area (Å²) in [7, 11) is 0. The number of hydrogen-bond donors (Lipinski definition) is 1. The number of benzene rings is 2. The minimum absolute atomic E-state index is 0.0768. The second-order valence-electron chi connectivity index (χ2n) is 5.61. The maximum atomic E-state index is 13.0. The maximum Gasteiger partial charge on any atom is 0.321 e. The minimum atomic E-state index is -0.232. The van der Waals surface area contributed by atoms with Crippen LogP contribution >= 0.6 is 11.8 Å². The Balaban J connectivity index is 1.55. The number of thioether (sulfide) groups is 1. The molecule has 1 aliphatic heterocycles. The lowest BCUT2D eigenvalue weighted by molar-refractivity contribution is 0.208. The second kappa shape index (κ2) is 7.57. The number of nitrogens with one attached hydrogen (secondary N) is 1. The summed E-state index contributed by atoms with van der Waals surface area (Å²) in [4.78, 5) is 17.5. The van der Waals surface area contributed by atoms with E-state index in [9.17, 15) is 9.18 Å². The first-order valence-electron chi connectivity index (χ1n) is 7.86. The number of amides is 2. The van der Waals surface area contributed by atoms with Crippen molar-refractivity contribution < 1.29 is 9.18 Å². The van der Waals surface area contributed by atoms with Crippen molar-refractivity contribution in [3.63, 3.8) is 0 Å². The Kier molecular flexibility index (Phi) is 5.25. The van der Waals surface area contributed by atoms with E-state index in [4.69, 9.17) is 0 Å². The molecule has 126 valence electrons. The molecule has 0 bridgehead atoms. The van der Waals surface area contributed by atoms with Gasteiger partial charge in [0.05, 0.1) is 0 Å². The van der Waals surface area contributed by atoms with Crippen LogP contribution in [0.3, 0.4) is 0 Å². The first-order chi connectivity index (χ1) is 11.7. The number of halogens is 1. The Labute approximate surface area is 145 Å². The van der Waals surface area contributed by atoms with Crippen LogP contribution in [0.25, 0.3) is 0 Å². The molecule has 1 heterocycles. The zero-order valence-electron chi connectivity index (χ0n) is 13.5. The highest BCUT2D eigenvalue weighted by Crippen LogP contribution is 2.20. The van der Waals surface area contributed by atoms with Crippen molar-refractivity contribution in [2.75, 3.05) is 42.7 Å². The van der Waals surface area contributed by atoms with E-state index in [1.54, 1.807) is 23.9 Å². The highest BCUT2D eigenvalue weighted by atomic mass is 32.2. The second-order valence-corrected chi connectivity index (χ2v) is 6.49. The maximum absolute atomic E-state index is 13.0. The van der Waals surface area contributed by atoms with Crippen molar-refractivity contribution in [3.8, 4) is 0 Å². The largest absolute Gasteiger partial charge is 0.368 e. The first-order valence-corrected chi connectivity index (χ1v) is 9.09. The Morgan fingerprint density at radius 1 is 1.08 bits per heavy atom. The first kappa shape index (κ1) is 16.6. The molecule has 0 saturated carbocycles. The van der Waals surface area contributed by atoms with Gasteiger partial charge in [0.2, 0.25) is 0 Å². The van der Waals surface area contributed by atoms with Crippen molar-refractivity contribution in [3.05, 3.63) is 54.3 Å². The third-order valence-corrected chi connectivity index (χ3v) is 4.81. The lowest BCUT2D eigenvalue weighted by atomic mass is 10.2. The predicted molar refractivity (Wildman–Crippen MR) is 97.4 cm³/mol. The number of carbonyl (C=O) groups excluding carboxylic acids is 1. The molecule has 1 fully saturated rings. The zero-order valence-corrected chi connectivity index (χ0v) is 14.4. The molecule has 2 aromatic rings. The number of anilines is 2. The molecule has 1 saturated heterocycles. The van der Waals surface area contributed by atoms with E-state index >= 15 is 0 Å². The highest BCUT2D eigenvalue weighted by molar-refractivity contribution is 7.98. The average molecular weight is 345 g/mol. The van der Waals surface area contributed by atoms with Gasteiger partial charge in [-0.3, -0.25) is 0 Å². The van der Waals surface area contributed by atoms with Gasteiger partial charge in [0, 0.05) is 42.4 Å². The van der Waals surface area contributed by atoms with Gasteiger partial charge in [0.1, 0.15) is 5.82 Å². The number of urea groups is 1. The van der Waals surface area contributed by atoms with Crippen molar-refractivity contribution in [2.45, 2.75) is 4.90 Å². The van der Waals surface area contributed by atoms with Crippen molar-refractivity contribution in [1.29, 1.82) is 0 Å². The molecule has 0 spiro atoms. The molecule has 3 rings (SSSR count). The van der Waals surface area contributed by atoms with E-state index in [-0.39, 0.29) is 11.8 Å². The van der Waals surface area contributed by atoms with E-state index in [2.05, 4.69) is 10.2 Å². The van der Waals surface area contributed by atoms with Crippen LogP contribution in [0.1, 0.15) is 0 Å². The number of nitrogens with zero attached hydrogens (tertiary/aromatic N) is 2. The van der Waals surface area contributed by atoms with E-state index in [1.807, 2.05) is 35.4 Å². The van der Waals surface area contributed by atoms with Gasteiger partial charge < -0.3 is 15.1 Å². The summed E-state index contributed by atoms with van der Waals surface area (Å²) in [5, 5.41) is 2.95. The SMILES string of the molecule is CSc1cccc(NC(=O)N2CCN(c3ccc(F)cc3)CC2)c1. The summed E-state index contributed by atoms with van der Waals surface area (Å²) in [6.45, 7) is 2.77. The fraction of sp³-hybridized carbons (Fsp3) is 0.278. The van der Waals surface area contributed by atoms with Crippen LogP contribution in [0.2, 0.25) is 0 Å². The van der Waals surface area contributed by atoms with E-state index in [0.717, 1.165) is 29.4 Å². The predicted octanol–water partition coefficient (Wildman–Crippen LogP) is 3.90. The minimum Gasteiger partial charge on any atom is -0.368 e. The Hall–Kier alpha value is -2.21. The third-order valence-electron chi connectivity index (χ3n) is 4.08.